The van der Waals surface area contributed by atoms with E-state index in [0.717, 1.165) is 0 Å². The maximum atomic E-state index is 13.1. The zero-order valence-corrected chi connectivity index (χ0v) is 33.2. The molecule has 56 heavy (non-hydrogen) atoms. The Labute approximate surface area is 334 Å². The Morgan fingerprint density at radius 3 is 1.38 bits per heavy atom. The molecule has 2 N–H and O–H groups in total. The average Bonchev–Trinajstić information content (AvgIpc) is 3.14. The quantitative estimate of drug-likeness (QED) is 0.0695. The first-order valence-electron chi connectivity index (χ1n) is 17.7. The zero-order chi connectivity index (χ0) is 40.8. The van der Waals surface area contributed by atoms with E-state index >= 15 is 0 Å². The third-order valence-electron chi connectivity index (χ3n) is 7.67. The number of rotatable bonds is 19. The molecule has 14 nitrogen and oxygen atoms in total. The van der Waals surface area contributed by atoms with Gasteiger partial charge >= 0.3 is 0 Å². The molecule has 0 fully saturated rings. The number of azo groups is 2. The van der Waals surface area contributed by atoms with Gasteiger partial charge in [0, 0.05) is 17.7 Å². The second-order valence-corrected chi connectivity index (χ2v) is 12.6. The summed E-state index contributed by atoms with van der Waals surface area (Å²) in [6.07, 6.45) is 0. The minimum absolute atomic E-state index is 0.205. The molecule has 0 aliphatic carbocycles. The summed E-state index contributed by atoms with van der Waals surface area (Å²) < 4.78 is 22.3. The number of halogens is 2. The number of ketones is 2. The van der Waals surface area contributed by atoms with Gasteiger partial charge in [-0.2, -0.15) is 20.5 Å². The maximum Gasteiger partial charge on any atom is 0.258 e. The van der Waals surface area contributed by atoms with Crippen LogP contribution < -0.4 is 29.6 Å². The van der Waals surface area contributed by atoms with Crippen molar-refractivity contribution in [2.75, 3.05) is 37.1 Å². The number of hydrogen-bond donors (Lipinski definition) is 2. The Kier molecular flexibility index (Phi) is 15.9. The van der Waals surface area contributed by atoms with Gasteiger partial charge in [0.05, 0.1) is 59.2 Å². The molecule has 0 radical (unpaired) electrons. The molecular weight excluding hydrogens is 763 g/mol. The number of carbonyl (C=O) groups is 4. The van der Waals surface area contributed by atoms with Gasteiger partial charge in [0.1, 0.15) is 23.0 Å². The highest BCUT2D eigenvalue weighted by molar-refractivity contribution is 6.39. The number of ether oxygens (including phenoxy) is 4. The monoisotopic (exact) mass is 804 g/mol. The van der Waals surface area contributed by atoms with Crippen LogP contribution >= 0.6 is 23.2 Å². The van der Waals surface area contributed by atoms with Gasteiger partial charge in [0.15, 0.2) is 11.6 Å². The molecule has 0 saturated carbocycles. The number of nitrogens with one attached hydrogen (secondary N) is 2. The Morgan fingerprint density at radius 1 is 0.571 bits per heavy atom. The molecule has 0 aromatic heterocycles. The van der Waals surface area contributed by atoms with Crippen LogP contribution in [0.2, 0.25) is 10.0 Å². The van der Waals surface area contributed by atoms with Gasteiger partial charge in [-0.3, -0.25) is 19.2 Å². The first kappa shape index (κ1) is 42.9. The molecule has 2 amide bonds. The van der Waals surface area contributed by atoms with E-state index in [1.807, 2.05) is 20.8 Å². The molecule has 0 saturated heterocycles. The number of nitrogens with zero attached hydrogens (tertiary/aromatic N) is 4. The largest absolute Gasteiger partial charge is 0.494 e. The minimum atomic E-state index is -1.47. The first-order valence-corrected chi connectivity index (χ1v) is 18.5. The molecule has 2 atom stereocenters. The summed E-state index contributed by atoms with van der Waals surface area (Å²) >= 11 is 13.3. The number of amides is 2. The second-order valence-electron chi connectivity index (χ2n) is 11.8. The van der Waals surface area contributed by atoms with Crippen molar-refractivity contribution in [2.45, 2.75) is 53.6 Å². The van der Waals surface area contributed by atoms with Crippen molar-refractivity contribution in [2.24, 2.45) is 20.5 Å². The molecule has 2 unspecified atom stereocenters. The fourth-order valence-electron chi connectivity index (χ4n) is 5.15. The Morgan fingerprint density at radius 2 is 0.982 bits per heavy atom. The van der Waals surface area contributed by atoms with E-state index in [1.165, 1.54) is 26.0 Å². The van der Waals surface area contributed by atoms with Crippen LogP contribution in [-0.2, 0) is 19.2 Å². The number of hydrogen-bond acceptors (Lipinski definition) is 12. The minimum Gasteiger partial charge on any atom is -0.494 e. The highest BCUT2D eigenvalue weighted by Crippen LogP contribution is 2.39. The lowest BCUT2D eigenvalue weighted by Crippen LogP contribution is -2.32. The van der Waals surface area contributed by atoms with E-state index < -0.39 is 35.5 Å². The fraction of sp³-hybridized carbons (Fsp3) is 0.300. The van der Waals surface area contributed by atoms with Crippen LogP contribution in [0.15, 0.2) is 93.3 Å². The Bertz CT molecular complexity index is 2090. The van der Waals surface area contributed by atoms with Crippen molar-refractivity contribution in [3.05, 3.63) is 82.8 Å². The molecule has 0 spiro atoms. The third-order valence-corrected chi connectivity index (χ3v) is 8.27. The van der Waals surface area contributed by atoms with Crippen molar-refractivity contribution in [3.8, 4) is 34.1 Å². The smallest absolute Gasteiger partial charge is 0.258 e. The Balaban J connectivity index is 1.47. The molecular formula is C40H42Cl2N6O8. The van der Waals surface area contributed by atoms with Crippen molar-refractivity contribution in [3.63, 3.8) is 0 Å². The number of benzene rings is 4. The normalized spacial score (nSPS) is 12.2. The van der Waals surface area contributed by atoms with E-state index in [4.69, 9.17) is 42.1 Å². The van der Waals surface area contributed by atoms with Crippen LogP contribution in [-0.4, -0.2) is 61.9 Å². The predicted molar refractivity (Wildman–Crippen MR) is 215 cm³/mol. The average molecular weight is 806 g/mol. The van der Waals surface area contributed by atoms with Crippen LogP contribution in [0.4, 0.5) is 22.7 Å². The molecule has 0 aliphatic heterocycles. The topological polar surface area (TPSA) is 179 Å². The van der Waals surface area contributed by atoms with Gasteiger partial charge in [-0.15, -0.1) is 0 Å². The standard InChI is InChI=1S/C40H42Cl2N6O8/c1-7-53-28-15-17-32(34(21-28)55-9-3)43-39(51)37(23(5)49)47-45-26-13-11-25(12-14-26)36-30(41)19-27(20-31(36)42)46-48-38(24(6)50)40(52)44-33-18-16-29(54-8-2)22-35(33)56-10-4/h11-22,37-38H,7-10H2,1-6H3,(H,43,51)(H,44,52). The molecule has 0 heterocycles. The zero-order valence-electron chi connectivity index (χ0n) is 31.7. The summed E-state index contributed by atoms with van der Waals surface area (Å²) in [5.74, 6) is -0.558. The highest BCUT2D eigenvalue weighted by Gasteiger charge is 2.26. The number of carbonyl (C=O) groups excluding carboxylic acids is 4. The summed E-state index contributed by atoms with van der Waals surface area (Å²) in [7, 11) is 0. The lowest BCUT2D eigenvalue weighted by atomic mass is 10.0. The van der Waals surface area contributed by atoms with E-state index in [9.17, 15) is 19.2 Å². The molecule has 4 rings (SSSR count). The van der Waals surface area contributed by atoms with E-state index in [-0.39, 0.29) is 15.7 Å². The van der Waals surface area contributed by atoms with E-state index in [1.54, 1.807) is 67.6 Å². The van der Waals surface area contributed by atoms with Gasteiger partial charge in [0.25, 0.3) is 11.8 Å². The van der Waals surface area contributed by atoms with Gasteiger partial charge in [-0.05, 0) is 95.6 Å². The van der Waals surface area contributed by atoms with Gasteiger partial charge in [-0.25, -0.2) is 0 Å². The molecule has 0 bridgehead atoms. The fourth-order valence-corrected chi connectivity index (χ4v) is 5.84. The van der Waals surface area contributed by atoms with Crippen molar-refractivity contribution in [1.82, 2.24) is 0 Å². The van der Waals surface area contributed by atoms with Gasteiger partial charge in [-0.1, -0.05) is 35.3 Å². The van der Waals surface area contributed by atoms with Gasteiger partial charge in [0.2, 0.25) is 12.1 Å². The second kappa shape index (κ2) is 20.7. The SMILES string of the molecule is CCOc1ccc(NC(=O)C(N=Nc2ccc(-c3c(Cl)cc(N=NC(C(C)=O)C(=O)Nc4ccc(OCC)cc4OCC)cc3Cl)cc2)C(C)=O)c(OCC)c1. The first-order chi connectivity index (χ1) is 26.9. The Hall–Kier alpha value is -5.86. The van der Waals surface area contributed by atoms with Crippen molar-refractivity contribution in [1.29, 1.82) is 0 Å². The highest BCUT2D eigenvalue weighted by atomic mass is 35.5. The molecule has 4 aromatic rings. The van der Waals surface area contributed by atoms with E-state index in [0.29, 0.717) is 77.6 Å². The lowest BCUT2D eigenvalue weighted by Gasteiger charge is -2.15. The lowest BCUT2D eigenvalue weighted by molar-refractivity contribution is -0.127. The number of anilines is 2. The summed E-state index contributed by atoms with van der Waals surface area (Å²) in [6, 6.07) is 16.6. The summed E-state index contributed by atoms with van der Waals surface area (Å²) in [6.45, 7) is 11.4. The predicted octanol–water partition coefficient (Wildman–Crippen LogP) is 9.62. The van der Waals surface area contributed by atoms with Crippen LogP contribution in [0.3, 0.4) is 0 Å². The molecule has 16 heteroatoms. The van der Waals surface area contributed by atoms with Gasteiger partial charge < -0.3 is 29.6 Å². The third kappa shape index (κ3) is 11.6. The van der Waals surface area contributed by atoms with Crippen LogP contribution in [0.1, 0.15) is 41.5 Å². The van der Waals surface area contributed by atoms with Crippen LogP contribution in [0.5, 0.6) is 23.0 Å². The molecule has 4 aromatic carbocycles. The number of Topliss-reactive ketones (excluding diaryl/α,β-unsaturated/α-hetero) is 2. The van der Waals surface area contributed by atoms with Crippen molar-refractivity contribution < 1.29 is 38.1 Å². The molecule has 0 aliphatic rings. The summed E-state index contributed by atoms with van der Waals surface area (Å²) in [5.41, 5.74) is 2.34. The summed E-state index contributed by atoms with van der Waals surface area (Å²) in [4.78, 5) is 51.1. The van der Waals surface area contributed by atoms with Crippen LogP contribution in [0.25, 0.3) is 11.1 Å². The maximum absolute atomic E-state index is 13.1. The van der Waals surface area contributed by atoms with Crippen molar-refractivity contribution >= 4 is 69.3 Å². The molecule has 294 valence electrons. The summed E-state index contributed by atoms with van der Waals surface area (Å²) in [5, 5.41) is 22.1. The van der Waals surface area contributed by atoms with Crippen LogP contribution in [0, 0.1) is 0 Å². The van der Waals surface area contributed by atoms with E-state index in [2.05, 4.69) is 31.1 Å².